The molecule has 2 fully saturated rings. The van der Waals surface area contributed by atoms with Gasteiger partial charge in [0.2, 0.25) is 70.9 Å². The van der Waals surface area contributed by atoms with Crippen LogP contribution in [0.25, 0.3) is 0 Å². The molecule has 0 radical (unpaired) electrons. The zero-order valence-electron chi connectivity index (χ0n) is 67.4. The van der Waals surface area contributed by atoms with Crippen LogP contribution >= 0.6 is 12.0 Å². The number of alkyl halides is 6. The number of carboxylic acid groups (broad SMARTS) is 2. The summed E-state index contributed by atoms with van der Waals surface area (Å²) in [6.07, 6.45) is -15.1. The molecule has 15 amide bonds. The fourth-order valence-corrected chi connectivity index (χ4v) is 12.6. The molecule has 688 valence electrons. The lowest BCUT2D eigenvalue weighted by Gasteiger charge is -2.26. The van der Waals surface area contributed by atoms with Gasteiger partial charge in [0.05, 0.1) is 50.1 Å². The van der Waals surface area contributed by atoms with Gasteiger partial charge in [-0.05, 0) is 106 Å². The van der Waals surface area contributed by atoms with E-state index in [1.807, 2.05) is 0 Å². The topological polar surface area (TPSA) is 659 Å². The summed E-state index contributed by atoms with van der Waals surface area (Å²) in [6.45, 7) is -3.06. The highest BCUT2D eigenvalue weighted by Crippen LogP contribution is 2.25. The predicted octanol–water partition coefficient (Wildman–Crippen LogP) is -1.22. The van der Waals surface area contributed by atoms with Gasteiger partial charge >= 0.3 is 36.1 Å². The fourth-order valence-electron chi connectivity index (χ4n) is 12.1. The molecule has 0 saturated carbocycles. The van der Waals surface area contributed by atoms with Gasteiger partial charge in [-0.3, -0.25) is 103 Å². The molecular formula is C76H94F6N22O22S. The van der Waals surface area contributed by atoms with E-state index in [1.54, 1.807) is 84.9 Å². The fraction of sp³-hybridized carbons (Fsp3) is 0.447. The molecule has 127 heavy (non-hydrogen) atoms. The second-order valence-electron chi connectivity index (χ2n) is 28.2. The molecule has 22 N–H and O–H groups in total. The summed E-state index contributed by atoms with van der Waals surface area (Å²) in [5, 5.41) is 94.1. The molecule has 0 aliphatic carbocycles. The van der Waals surface area contributed by atoms with Crippen molar-refractivity contribution >= 4 is 130 Å². The van der Waals surface area contributed by atoms with Gasteiger partial charge in [-0.1, -0.05) is 83.9 Å². The van der Waals surface area contributed by atoms with Crippen molar-refractivity contribution in [3.8, 4) is 0 Å². The van der Waals surface area contributed by atoms with Crippen molar-refractivity contribution in [1.29, 1.82) is 10.8 Å². The van der Waals surface area contributed by atoms with Crippen molar-refractivity contribution in [1.82, 2.24) is 95.4 Å². The molecule has 6 rings (SSSR count). The van der Waals surface area contributed by atoms with Crippen LogP contribution < -0.4 is 90.4 Å². The van der Waals surface area contributed by atoms with Gasteiger partial charge in [-0.2, -0.15) is 31.5 Å². The van der Waals surface area contributed by atoms with E-state index in [9.17, 15) is 118 Å². The third-order valence-electron chi connectivity index (χ3n) is 18.5. The summed E-state index contributed by atoms with van der Waals surface area (Å²) >= 11 is 0.688. The van der Waals surface area contributed by atoms with Gasteiger partial charge in [-0.25, -0.2) is 10.2 Å². The number of hydrogen-bond donors (Lipinski definition) is 22. The number of aliphatic carboxylic acids is 2. The Hall–Kier alpha value is -13.9. The first-order chi connectivity index (χ1) is 60.3. The van der Waals surface area contributed by atoms with Crippen LogP contribution in [-0.4, -0.2) is 239 Å². The number of amides is 15. The zero-order chi connectivity index (χ0) is 93.2. The molecule has 2 saturated heterocycles. The number of aromatic nitrogens is 1. The Bertz CT molecular complexity index is 4590. The summed E-state index contributed by atoms with van der Waals surface area (Å²) in [5.74, 6) is -23.6. The quantitative estimate of drug-likeness (QED) is 0.00366. The SMILES string of the molecule is N=C(NCCC[C@@H]1NC(=O)[C@H](CCCCNC(=O)CC[C@H](NC(=O)c2ccc(N=NCc3ccccc3SOOO)nc2)C(=O)NCCCC[C@@H]2NC(=O)[C@@H](Cc3ccccc3)NC(=O)[C@H](CC(=O)O)NC(=O)CNC(=O)[C@H](CCCNC(=N)NC(=O)C(F)(F)F)NC2=O)NC(=O)[C@@H](Cc2ccccc2)NC(=O)[C@H](CC(=O)O)NC(=O)CNC1=O)NC(=O)C(F)(F)F. The smallest absolute Gasteiger partial charge is 0.471 e. The van der Waals surface area contributed by atoms with E-state index in [0.717, 1.165) is 6.20 Å². The maximum absolute atomic E-state index is 14.5. The molecule has 3 heterocycles. The lowest BCUT2D eigenvalue weighted by atomic mass is 10.0. The number of unbranched alkanes of at least 4 members (excludes halogenated alkanes) is 2. The Morgan fingerprint density at radius 1 is 0.496 bits per heavy atom. The number of azo groups is 1. The Labute approximate surface area is 722 Å². The van der Waals surface area contributed by atoms with Crippen LogP contribution in [0.4, 0.5) is 32.2 Å². The largest absolute Gasteiger partial charge is 0.481 e. The lowest BCUT2D eigenvalue weighted by molar-refractivity contribution is -0.432. The van der Waals surface area contributed by atoms with Crippen molar-refractivity contribution < 1.29 is 133 Å². The number of halogens is 6. The number of carboxylic acids is 2. The van der Waals surface area contributed by atoms with Crippen LogP contribution in [0.5, 0.6) is 0 Å². The number of pyridine rings is 1. The van der Waals surface area contributed by atoms with Crippen LogP contribution in [0.2, 0.25) is 0 Å². The minimum absolute atomic E-state index is 0.0126. The maximum Gasteiger partial charge on any atom is 0.471 e. The summed E-state index contributed by atoms with van der Waals surface area (Å²) in [6, 6.07) is 10.5. The molecule has 4 aromatic rings. The molecule has 1 aromatic heterocycles. The molecule has 51 heteroatoms. The highest BCUT2D eigenvalue weighted by molar-refractivity contribution is 7.94. The van der Waals surface area contributed by atoms with E-state index >= 15 is 0 Å². The van der Waals surface area contributed by atoms with E-state index < -0.39 is 231 Å². The van der Waals surface area contributed by atoms with Crippen molar-refractivity contribution in [3.63, 3.8) is 0 Å². The van der Waals surface area contributed by atoms with Gasteiger partial charge in [0.25, 0.3) is 5.91 Å². The highest BCUT2D eigenvalue weighted by Gasteiger charge is 2.42. The second-order valence-corrected chi connectivity index (χ2v) is 29.0. The van der Waals surface area contributed by atoms with Crippen molar-refractivity contribution in [2.75, 3.05) is 39.3 Å². The molecule has 44 nitrogen and oxygen atoms in total. The van der Waals surface area contributed by atoms with Crippen molar-refractivity contribution in [2.45, 2.75) is 181 Å². The van der Waals surface area contributed by atoms with Gasteiger partial charge in [0.1, 0.15) is 54.4 Å². The maximum atomic E-state index is 14.5. The van der Waals surface area contributed by atoms with Crippen LogP contribution in [0.15, 0.2) is 118 Å². The normalized spacial score (nSPS) is 19.2. The Morgan fingerprint density at radius 2 is 0.906 bits per heavy atom. The van der Waals surface area contributed by atoms with Crippen molar-refractivity contribution in [3.05, 3.63) is 126 Å². The summed E-state index contributed by atoms with van der Waals surface area (Å²) < 4.78 is 82.0. The van der Waals surface area contributed by atoms with Gasteiger partial charge < -0.3 is 90.0 Å². The number of carbonyl (C=O) groups excluding carboxylic acids is 15. The van der Waals surface area contributed by atoms with Gasteiger partial charge in [0.15, 0.2) is 17.7 Å². The van der Waals surface area contributed by atoms with Gasteiger partial charge in [-0.15, -0.1) is 9.45 Å². The highest BCUT2D eigenvalue weighted by atomic mass is 32.2. The number of hydrogen-bond acceptors (Lipinski definition) is 26. The van der Waals surface area contributed by atoms with Gasteiger partial charge in [0, 0.05) is 56.5 Å². The molecule has 0 spiro atoms. The van der Waals surface area contributed by atoms with E-state index in [4.69, 9.17) is 16.1 Å². The van der Waals surface area contributed by atoms with Crippen molar-refractivity contribution in [2.24, 2.45) is 10.2 Å². The minimum atomic E-state index is -5.36. The van der Waals surface area contributed by atoms with E-state index in [-0.39, 0.29) is 108 Å². The Kier molecular flexibility index (Phi) is 41.8. The molecule has 3 aromatic carbocycles. The molecule has 2 aliphatic heterocycles. The monoisotopic (exact) mass is 1810 g/mol. The van der Waals surface area contributed by atoms with E-state index in [1.165, 1.54) is 22.8 Å². The van der Waals surface area contributed by atoms with E-state index in [0.29, 0.717) is 33.6 Å². The third kappa shape index (κ3) is 37.6. The lowest BCUT2D eigenvalue weighted by Crippen LogP contribution is -2.58. The number of nitrogens with one attached hydrogen (secondary N) is 19. The predicted molar refractivity (Wildman–Crippen MR) is 428 cm³/mol. The average Bonchev–Trinajstić information content (AvgIpc) is 1.80. The number of rotatable bonds is 38. The van der Waals surface area contributed by atoms with Crippen LogP contribution in [0.3, 0.4) is 0 Å². The van der Waals surface area contributed by atoms with Crippen LogP contribution in [-0.2, 0) is 105 Å². The third-order valence-corrected chi connectivity index (χ3v) is 19.2. The number of guanidine groups is 2. The first kappa shape index (κ1) is 102. The Morgan fingerprint density at radius 3 is 1.35 bits per heavy atom. The van der Waals surface area contributed by atoms with Crippen LogP contribution in [0.1, 0.15) is 117 Å². The molecule has 0 unspecified atom stereocenters. The molecule has 0 bridgehead atoms. The summed E-state index contributed by atoms with van der Waals surface area (Å²) in [5.41, 5.74) is 1.37. The standard InChI is InChI=1S/C76H94F6N22O22S/c77-75(78,79)71(122)102-73(83)87-31-13-22-45-63(114)90-39-57(106)93-52(35-59(108)109)69(120)100-50(33-41-15-3-1-4-16-41)67(118)98-47(65(116)96-45)20-9-11-29-85-56(105)28-26-49(95-61(112)44-25-27-55(89-37-44)104-92-38-43-19-7-8-24-54(43)127-126-125-124)62(113)86-30-12-10-21-48-66(117)97-46(23-14-32-88-74(84)103-72(123)76(80,81)82)64(115)91-40-58(107)94-53(36-60(110)111)70(121)101-51(68(119)99-48)34-42-17-5-2-6-18-42/h1-8,15-19,24-25,27,37,45-53,124H,9-14,20-23,26,28-36,38-40H2,(H,85,105)(H,86,113)(H,90,114)(H,91,115)(H,93,106)(H,94,107)(H,95,112)(H,96,116)(H,97,117)(H,98,118)(H,99,119)(H,100,120)(H,101,121)(H,108,109)(H,110,111)(H3,83,87,102,122)(H3,84,88,103,123)/t45-,46-,47-,48-,49-,50+,51+,52-,53-/m0/s1. The Balaban J connectivity index is 1.21. The second kappa shape index (κ2) is 52.1. The number of benzene rings is 3. The summed E-state index contributed by atoms with van der Waals surface area (Å²) in [7, 11) is 0. The zero-order valence-corrected chi connectivity index (χ0v) is 68.2. The first-order valence-electron chi connectivity index (χ1n) is 39.2. The van der Waals surface area contributed by atoms with E-state index in [2.05, 4.69) is 104 Å². The molecule has 9 atom stereocenters. The average molecular weight is 1810 g/mol. The number of carbonyl (C=O) groups is 17. The number of nitrogens with zero attached hydrogens (tertiary/aromatic N) is 3. The molecule has 2 aliphatic rings. The minimum Gasteiger partial charge on any atom is -0.481 e. The van der Waals surface area contributed by atoms with Crippen LogP contribution in [0, 0.1) is 10.8 Å². The summed E-state index contributed by atoms with van der Waals surface area (Å²) in [4.78, 5) is 233. The first-order valence-corrected chi connectivity index (χ1v) is 39.9. The molecular weight excluding hydrogens is 1720 g/mol.